The second-order valence-corrected chi connectivity index (χ2v) is 10.5. The maximum absolute atomic E-state index is 13.0. The Morgan fingerprint density at radius 2 is 1.89 bits per heavy atom. The molecule has 0 bridgehead atoms. The van der Waals surface area contributed by atoms with E-state index in [-0.39, 0.29) is 36.8 Å². The standard InChI is InChI=1S/C27H37N3O6/c1-17-18(7-8-22(31)29(5)16-23(32)30-13-11-28(4)12-14-30)26(33)35-25-19-9-10-27(2,3)36-20(19)15-21(34-6)24(17)25/h15H,7-14,16H2,1-6H3. The van der Waals surface area contributed by atoms with Crippen molar-refractivity contribution in [2.24, 2.45) is 0 Å². The zero-order chi connectivity index (χ0) is 26.2. The summed E-state index contributed by atoms with van der Waals surface area (Å²) >= 11 is 0. The second-order valence-electron chi connectivity index (χ2n) is 10.5. The zero-order valence-corrected chi connectivity index (χ0v) is 22.2. The number of likely N-dealkylation sites (N-methyl/N-ethyl adjacent to an activating group) is 2. The molecule has 2 aromatic rings. The van der Waals surface area contributed by atoms with E-state index in [1.165, 1.54) is 4.90 Å². The van der Waals surface area contributed by atoms with Gasteiger partial charge in [-0.1, -0.05) is 0 Å². The van der Waals surface area contributed by atoms with Crippen molar-refractivity contribution in [2.45, 2.75) is 52.1 Å². The molecule has 1 saturated heterocycles. The number of piperazine rings is 1. The highest BCUT2D eigenvalue weighted by Gasteiger charge is 2.31. The third-order valence-corrected chi connectivity index (χ3v) is 7.40. The first-order valence-corrected chi connectivity index (χ1v) is 12.6. The molecule has 0 aliphatic carbocycles. The number of aryl methyl sites for hydroxylation is 2. The number of hydrogen-bond donors (Lipinski definition) is 0. The van der Waals surface area contributed by atoms with E-state index < -0.39 is 5.63 Å². The van der Waals surface area contributed by atoms with Crippen molar-refractivity contribution < 1.29 is 23.5 Å². The summed E-state index contributed by atoms with van der Waals surface area (Å²) in [5.41, 5.74) is 1.80. The van der Waals surface area contributed by atoms with Gasteiger partial charge in [-0.25, -0.2) is 4.79 Å². The summed E-state index contributed by atoms with van der Waals surface area (Å²) in [6.45, 7) is 8.96. The highest BCUT2D eigenvalue weighted by Crippen LogP contribution is 2.43. The minimum Gasteiger partial charge on any atom is -0.496 e. The summed E-state index contributed by atoms with van der Waals surface area (Å²) in [5.74, 6) is 1.00. The molecule has 3 heterocycles. The molecule has 1 aromatic heterocycles. The lowest BCUT2D eigenvalue weighted by molar-refractivity contribution is -0.140. The molecule has 0 atom stereocenters. The van der Waals surface area contributed by atoms with Crippen LogP contribution >= 0.6 is 0 Å². The van der Waals surface area contributed by atoms with Gasteiger partial charge in [-0.2, -0.15) is 0 Å². The van der Waals surface area contributed by atoms with Gasteiger partial charge in [0.25, 0.3) is 0 Å². The van der Waals surface area contributed by atoms with Gasteiger partial charge in [0.15, 0.2) is 0 Å². The Hall–Kier alpha value is -3.07. The lowest BCUT2D eigenvalue weighted by Gasteiger charge is -2.33. The Balaban J connectivity index is 1.51. The van der Waals surface area contributed by atoms with E-state index in [0.717, 1.165) is 42.4 Å². The Labute approximate surface area is 211 Å². The number of carbonyl (C=O) groups is 2. The maximum Gasteiger partial charge on any atom is 0.339 e. The van der Waals surface area contributed by atoms with Crippen molar-refractivity contribution in [3.05, 3.63) is 33.2 Å². The minimum absolute atomic E-state index is 0.0319. The summed E-state index contributed by atoms with van der Waals surface area (Å²) in [4.78, 5) is 43.9. The fourth-order valence-corrected chi connectivity index (χ4v) is 5.00. The monoisotopic (exact) mass is 499 g/mol. The van der Waals surface area contributed by atoms with Crippen LogP contribution in [-0.2, 0) is 22.4 Å². The van der Waals surface area contributed by atoms with E-state index >= 15 is 0 Å². The predicted molar refractivity (Wildman–Crippen MR) is 137 cm³/mol. The molecule has 0 unspecified atom stereocenters. The van der Waals surface area contributed by atoms with Gasteiger partial charge in [0.05, 0.1) is 19.0 Å². The van der Waals surface area contributed by atoms with Crippen molar-refractivity contribution in [3.63, 3.8) is 0 Å². The molecule has 36 heavy (non-hydrogen) atoms. The molecule has 2 aliphatic rings. The summed E-state index contributed by atoms with van der Waals surface area (Å²) in [5, 5.41) is 0.736. The smallest absolute Gasteiger partial charge is 0.339 e. The van der Waals surface area contributed by atoms with E-state index in [1.54, 1.807) is 19.1 Å². The fourth-order valence-electron chi connectivity index (χ4n) is 5.00. The van der Waals surface area contributed by atoms with Crippen LogP contribution in [0, 0.1) is 6.92 Å². The van der Waals surface area contributed by atoms with Gasteiger partial charge < -0.3 is 28.6 Å². The van der Waals surface area contributed by atoms with E-state index in [9.17, 15) is 14.4 Å². The molecular formula is C27H37N3O6. The van der Waals surface area contributed by atoms with Crippen LogP contribution in [0.1, 0.15) is 43.4 Å². The number of methoxy groups -OCH3 is 1. The summed E-state index contributed by atoms with van der Waals surface area (Å²) in [6.07, 6.45) is 1.86. The lowest BCUT2D eigenvalue weighted by Crippen LogP contribution is -2.50. The number of rotatable bonds is 6. The molecule has 0 saturated carbocycles. The van der Waals surface area contributed by atoms with Crippen LogP contribution in [0.4, 0.5) is 0 Å². The summed E-state index contributed by atoms with van der Waals surface area (Å²) in [7, 11) is 5.24. The fraction of sp³-hybridized carbons (Fsp3) is 0.593. The molecule has 0 N–H and O–H groups in total. The number of nitrogens with zero attached hydrogens (tertiary/aromatic N) is 3. The molecule has 4 rings (SSSR count). The minimum atomic E-state index is -0.454. The van der Waals surface area contributed by atoms with Crippen molar-refractivity contribution in [3.8, 4) is 11.5 Å². The highest BCUT2D eigenvalue weighted by molar-refractivity contribution is 5.92. The Morgan fingerprint density at radius 3 is 2.56 bits per heavy atom. The SMILES string of the molecule is COc1cc2c(c3oc(=O)c(CCC(=O)N(C)CC(=O)N4CCN(C)CC4)c(C)c13)CCC(C)(C)O2. The van der Waals surface area contributed by atoms with E-state index in [1.807, 2.05) is 33.9 Å². The third-order valence-electron chi connectivity index (χ3n) is 7.40. The van der Waals surface area contributed by atoms with Crippen LogP contribution in [-0.4, -0.2) is 86.0 Å². The molecule has 1 fully saturated rings. The molecular weight excluding hydrogens is 462 g/mol. The average molecular weight is 500 g/mol. The van der Waals surface area contributed by atoms with Crippen LogP contribution in [0.5, 0.6) is 11.5 Å². The van der Waals surface area contributed by atoms with Crippen molar-refractivity contribution in [1.29, 1.82) is 0 Å². The van der Waals surface area contributed by atoms with Crippen LogP contribution < -0.4 is 15.1 Å². The predicted octanol–water partition coefficient (Wildman–Crippen LogP) is 2.38. The third kappa shape index (κ3) is 5.21. The molecule has 9 nitrogen and oxygen atoms in total. The van der Waals surface area contributed by atoms with Crippen LogP contribution in [0.2, 0.25) is 0 Å². The van der Waals surface area contributed by atoms with Gasteiger partial charge in [0.1, 0.15) is 22.7 Å². The number of carbonyl (C=O) groups excluding carboxylic acids is 2. The molecule has 2 amide bonds. The quantitative estimate of drug-likeness (QED) is 0.564. The number of benzene rings is 1. The van der Waals surface area contributed by atoms with Crippen molar-refractivity contribution >= 4 is 22.8 Å². The largest absolute Gasteiger partial charge is 0.496 e. The van der Waals surface area contributed by atoms with Gasteiger partial charge >= 0.3 is 5.63 Å². The van der Waals surface area contributed by atoms with E-state index in [4.69, 9.17) is 13.9 Å². The van der Waals surface area contributed by atoms with Crippen LogP contribution in [0.15, 0.2) is 15.3 Å². The molecule has 1 aromatic carbocycles. The normalized spacial score (nSPS) is 17.4. The Bertz CT molecular complexity index is 1230. The summed E-state index contributed by atoms with van der Waals surface area (Å²) < 4.78 is 17.6. The molecule has 0 radical (unpaired) electrons. The number of fused-ring (bicyclic) bond motifs is 3. The Kier molecular flexibility index (Phi) is 7.31. The van der Waals surface area contributed by atoms with Gasteiger partial charge in [0.2, 0.25) is 11.8 Å². The first-order valence-electron chi connectivity index (χ1n) is 12.6. The number of amides is 2. The van der Waals surface area contributed by atoms with E-state index in [0.29, 0.717) is 35.7 Å². The lowest BCUT2D eigenvalue weighted by atomic mass is 9.91. The topological polar surface area (TPSA) is 92.5 Å². The van der Waals surface area contributed by atoms with Gasteiger partial charge in [-0.3, -0.25) is 9.59 Å². The Morgan fingerprint density at radius 1 is 1.19 bits per heavy atom. The van der Waals surface area contributed by atoms with Gasteiger partial charge in [-0.05, 0) is 52.6 Å². The van der Waals surface area contributed by atoms with Crippen molar-refractivity contribution in [1.82, 2.24) is 14.7 Å². The van der Waals surface area contributed by atoms with Gasteiger partial charge in [-0.15, -0.1) is 0 Å². The molecule has 196 valence electrons. The summed E-state index contributed by atoms with van der Waals surface area (Å²) in [6, 6.07) is 1.86. The first kappa shape index (κ1) is 26.0. The van der Waals surface area contributed by atoms with Gasteiger partial charge in [0, 0.05) is 56.8 Å². The first-order chi connectivity index (χ1) is 17.0. The molecule has 2 aliphatic heterocycles. The number of hydrogen-bond acceptors (Lipinski definition) is 7. The molecule has 9 heteroatoms. The highest BCUT2D eigenvalue weighted by atomic mass is 16.5. The van der Waals surface area contributed by atoms with E-state index in [2.05, 4.69) is 4.90 Å². The van der Waals surface area contributed by atoms with Crippen molar-refractivity contribution in [2.75, 3.05) is 53.9 Å². The molecule has 0 spiro atoms. The maximum atomic E-state index is 13.0. The van der Waals surface area contributed by atoms with Crippen LogP contribution in [0.25, 0.3) is 11.0 Å². The second kappa shape index (κ2) is 10.1. The average Bonchev–Trinajstić information content (AvgIpc) is 2.82. The van der Waals surface area contributed by atoms with Crippen LogP contribution in [0.3, 0.4) is 0 Å². The number of ether oxygens (including phenoxy) is 2. The zero-order valence-electron chi connectivity index (χ0n) is 22.2.